The molecule has 0 aromatic heterocycles. The Morgan fingerprint density at radius 2 is 1.80 bits per heavy atom. The highest BCUT2D eigenvalue weighted by atomic mass is 19.1. The highest BCUT2D eigenvalue weighted by molar-refractivity contribution is 6.19. The van der Waals surface area contributed by atoms with Gasteiger partial charge in [0.15, 0.2) is 0 Å². The van der Waals surface area contributed by atoms with E-state index in [-0.39, 0.29) is 30.3 Å². The van der Waals surface area contributed by atoms with Gasteiger partial charge in [-0.15, -0.1) is 0 Å². The summed E-state index contributed by atoms with van der Waals surface area (Å²) < 4.78 is 13.5. The van der Waals surface area contributed by atoms with Crippen molar-refractivity contribution >= 4 is 17.5 Å². The highest BCUT2D eigenvalue weighted by Crippen LogP contribution is 2.25. The molecule has 2 amide bonds. The minimum Gasteiger partial charge on any atom is -0.274 e. The molecule has 1 aliphatic rings. The number of aryl methyl sites for hydroxylation is 1. The van der Waals surface area contributed by atoms with Crippen LogP contribution in [-0.2, 0) is 9.59 Å². The van der Waals surface area contributed by atoms with Crippen molar-refractivity contribution in [2.24, 2.45) is 0 Å². The van der Waals surface area contributed by atoms with Crippen LogP contribution in [0.15, 0.2) is 18.2 Å². The topological polar surface area (TPSA) is 37.4 Å². The molecule has 3 nitrogen and oxygen atoms in total. The Morgan fingerprint density at radius 3 is 2.33 bits per heavy atom. The van der Waals surface area contributed by atoms with Gasteiger partial charge in [-0.2, -0.15) is 0 Å². The second kappa shape index (κ2) is 3.46. The molecule has 0 bridgehead atoms. The second-order valence-electron chi connectivity index (χ2n) is 3.58. The first-order chi connectivity index (χ1) is 7.09. The Balaban J connectivity index is 2.45. The third kappa shape index (κ3) is 1.63. The maximum Gasteiger partial charge on any atom is 0.234 e. The van der Waals surface area contributed by atoms with Gasteiger partial charge in [-0.3, -0.25) is 9.59 Å². The molecular weight excluding hydrogens is 197 g/mol. The van der Waals surface area contributed by atoms with E-state index in [1.165, 1.54) is 12.1 Å². The Morgan fingerprint density at radius 1 is 1.20 bits per heavy atom. The van der Waals surface area contributed by atoms with Gasteiger partial charge >= 0.3 is 0 Å². The van der Waals surface area contributed by atoms with Crippen molar-refractivity contribution in [3.63, 3.8) is 0 Å². The highest BCUT2D eigenvalue weighted by Gasteiger charge is 2.31. The summed E-state index contributed by atoms with van der Waals surface area (Å²) in [6.07, 6.45) is 0.346. The first-order valence-corrected chi connectivity index (χ1v) is 4.71. The minimum absolute atomic E-state index is 0.0631. The number of anilines is 1. The Kier molecular flexibility index (Phi) is 2.26. The smallest absolute Gasteiger partial charge is 0.234 e. The maximum absolute atomic E-state index is 13.5. The lowest BCUT2D eigenvalue weighted by atomic mass is 10.2. The quantitative estimate of drug-likeness (QED) is 0.658. The van der Waals surface area contributed by atoms with E-state index in [0.29, 0.717) is 0 Å². The molecule has 0 radical (unpaired) electrons. The van der Waals surface area contributed by atoms with Crippen molar-refractivity contribution in [3.8, 4) is 0 Å². The average Bonchev–Trinajstić information content (AvgIpc) is 2.48. The van der Waals surface area contributed by atoms with Gasteiger partial charge in [-0.1, -0.05) is 6.07 Å². The maximum atomic E-state index is 13.5. The van der Waals surface area contributed by atoms with Gasteiger partial charge in [0.2, 0.25) is 11.8 Å². The monoisotopic (exact) mass is 207 g/mol. The number of hydrogen-bond acceptors (Lipinski definition) is 2. The molecular formula is C11H10FNO2. The Labute approximate surface area is 86.5 Å². The number of benzene rings is 1. The number of halogens is 1. The predicted molar refractivity (Wildman–Crippen MR) is 52.9 cm³/mol. The van der Waals surface area contributed by atoms with E-state index in [1.807, 2.05) is 0 Å². The third-order valence-electron chi connectivity index (χ3n) is 2.40. The van der Waals surface area contributed by atoms with Crippen molar-refractivity contribution < 1.29 is 14.0 Å². The standard InChI is InChI=1S/C11H10FNO2/c1-7-2-3-9(8(12)6-7)13-10(14)4-5-11(13)15/h2-3,6H,4-5H2,1H3. The van der Waals surface area contributed by atoms with Crippen LogP contribution in [0, 0.1) is 12.7 Å². The molecule has 0 spiro atoms. The number of rotatable bonds is 1. The van der Waals surface area contributed by atoms with Gasteiger partial charge in [-0.05, 0) is 24.6 Å². The number of carbonyl (C=O) groups excluding carboxylic acids is 2. The molecule has 1 aromatic rings. The van der Waals surface area contributed by atoms with Crippen molar-refractivity contribution in [2.75, 3.05) is 4.90 Å². The summed E-state index contributed by atoms with van der Waals surface area (Å²) >= 11 is 0. The van der Waals surface area contributed by atoms with E-state index in [4.69, 9.17) is 0 Å². The molecule has 0 saturated carbocycles. The third-order valence-corrected chi connectivity index (χ3v) is 2.40. The molecule has 1 fully saturated rings. The number of imide groups is 1. The molecule has 0 aliphatic carbocycles. The summed E-state index contributed by atoms with van der Waals surface area (Å²) in [5.41, 5.74) is 0.823. The predicted octanol–water partition coefficient (Wildman–Crippen LogP) is 1.79. The number of amides is 2. The summed E-state index contributed by atoms with van der Waals surface area (Å²) in [5, 5.41) is 0. The van der Waals surface area contributed by atoms with E-state index < -0.39 is 5.82 Å². The molecule has 2 rings (SSSR count). The lowest BCUT2D eigenvalue weighted by molar-refractivity contribution is -0.121. The van der Waals surface area contributed by atoms with Crippen LogP contribution in [0.25, 0.3) is 0 Å². The SMILES string of the molecule is Cc1ccc(N2C(=O)CCC2=O)c(F)c1. The Hall–Kier alpha value is -1.71. The zero-order valence-corrected chi connectivity index (χ0v) is 8.29. The summed E-state index contributed by atoms with van der Waals surface area (Å²) in [7, 11) is 0. The molecule has 1 aromatic carbocycles. The Bertz CT molecular complexity index is 426. The molecule has 78 valence electrons. The number of nitrogens with zero attached hydrogens (tertiary/aromatic N) is 1. The van der Waals surface area contributed by atoms with Crippen LogP contribution >= 0.6 is 0 Å². The lowest BCUT2D eigenvalue weighted by Gasteiger charge is -2.14. The minimum atomic E-state index is -0.529. The van der Waals surface area contributed by atoms with E-state index in [0.717, 1.165) is 10.5 Å². The fourth-order valence-electron chi connectivity index (χ4n) is 1.64. The molecule has 1 heterocycles. The fourth-order valence-corrected chi connectivity index (χ4v) is 1.64. The summed E-state index contributed by atoms with van der Waals surface area (Å²) in [4.78, 5) is 23.6. The number of hydrogen-bond donors (Lipinski definition) is 0. The molecule has 4 heteroatoms. The van der Waals surface area contributed by atoms with Crippen LogP contribution in [-0.4, -0.2) is 11.8 Å². The molecule has 0 unspecified atom stereocenters. The van der Waals surface area contributed by atoms with Crippen LogP contribution in [0.5, 0.6) is 0 Å². The van der Waals surface area contributed by atoms with Crippen molar-refractivity contribution in [1.82, 2.24) is 0 Å². The van der Waals surface area contributed by atoms with Crippen LogP contribution in [0.1, 0.15) is 18.4 Å². The van der Waals surface area contributed by atoms with Crippen molar-refractivity contribution in [1.29, 1.82) is 0 Å². The van der Waals surface area contributed by atoms with E-state index >= 15 is 0 Å². The van der Waals surface area contributed by atoms with Gasteiger partial charge in [0.05, 0.1) is 5.69 Å². The molecule has 0 N–H and O–H groups in total. The van der Waals surface area contributed by atoms with Gasteiger partial charge in [0.1, 0.15) is 5.82 Å². The number of carbonyl (C=O) groups is 2. The zero-order valence-electron chi connectivity index (χ0n) is 8.29. The zero-order chi connectivity index (χ0) is 11.0. The fraction of sp³-hybridized carbons (Fsp3) is 0.273. The first-order valence-electron chi connectivity index (χ1n) is 4.71. The van der Waals surface area contributed by atoms with E-state index in [9.17, 15) is 14.0 Å². The molecule has 1 saturated heterocycles. The van der Waals surface area contributed by atoms with Crippen LogP contribution in [0.2, 0.25) is 0 Å². The summed E-state index contributed by atoms with van der Waals surface area (Å²) in [6, 6.07) is 4.46. The van der Waals surface area contributed by atoms with E-state index in [2.05, 4.69) is 0 Å². The van der Waals surface area contributed by atoms with Crippen molar-refractivity contribution in [3.05, 3.63) is 29.6 Å². The van der Waals surface area contributed by atoms with E-state index in [1.54, 1.807) is 13.0 Å². The van der Waals surface area contributed by atoms with Gasteiger partial charge < -0.3 is 0 Å². The summed E-state index contributed by atoms with van der Waals surface area (Å²) in [6.45, 7) is 1.75. The summed E-state index contributed by atoms with van der Waals surface area (Å²) in [5.74, 6) is -1.19. The van der Waals surface area contributed by atoms with Gasteiger partial charge in [-0.25, -0.2) is 9.29 Å². The van der Waals surface area contributed by atoms with Gasteiger partial charge in [0, 0.05) is 12.8 Å². The van der Waals surface area contributed by atoms with Crippen LogP contribution < -0.4 is 4.90 Å². The van der Waals surface area contributed by atoms with Gasteiger partial charge in [0.25, 0.3) is 0 Å². The van der Waals surface area contributed by atoms with Crippen LogP contribution in [0.4, 0.5) is 10.1 Å². The molecule has 0 atom stereocenters. The first kappa shape index (κ1) is 9.83. The average molecular weight is 207 g/mol. The molecule has 1 aliphatic heterocycles. The molecule has 15 heavy (non-hydrogen) atoms. The normalized spacial score (nSPS) is 16.3. The van der Waals surface area contributed by atoms with Crippen LogP contribution in [0.3, 0.4) is 0 Å². The lowest BCUT2D eigenvalue weighted by Crippen LogP contribution is -2.29. The van der Waals surface area contributed by atoms with Crippen molar-refractivity contribution in [2.45, 2.75) is 19.8 Å². The second-order valence-corrected chi connectivity index (χ2v) is 3.58. The largest absolute Gasteiger partial charge is 0.274 e.